The minimum Gasteiger partial charge on any atom is -0.309 e. The molecule has 0 aliphatic heterocycles. The van der Waals surface area contributed by atoms with E-state index in [2.05, 4.69) is 225 Å². The van der Waals surface area contributed by atoms with Crippen LogP contribution in [0.2, 0.25) is 0 Å². The van der Waals surface area contributed by atoms with Gasteiger partial charge in [0.1, 0.15) is 0 Å². The second-order valence-electron chi connectivity index (χ2n) is 19.9. The van der Waals surface area contributed by atoms with E-state index in [0.29, 0.717) is 0 Å². The highest BCUT2D eigenvalue weighted by molar-refractivity contribution is 6.29. The zero-order chi connectivity index (χ0) is 47.7. The van der Waals surface area contributed by atoms with Gasteiger partial charge >= 0.3 is 0 Å². The molecular formula is C68H44N4. The highest BCUT2D eigenvalue weighted by atomic mass is 15.0. The van der Waals surface area contributed by atoms with Gasteiger partial charge in [0.25, 0.3) is 0 Å². The fourth-order valence-corrected chi connectivity index (χ4v) is 12.2. The van der Waals surface area contributed by atoms with E-state index in [0.717, 1.165) is 61.0 Å². The maximum atomic E-state index is 5.50. The van der Waals surface area contributed by atoms with Crippen molar-refractivity contribution in [1.82, 2.24) is 19.5 Å². The van der Waals surface area contributed by atoms with Crippen LogP contribution in [0.1, 0.15) is 25.0 Å². The third kappa shape index (κ3) is 6.02. The first-order valence-corrected chi connectivity index (χ1v) is 24.8. The Morgan fingerprint density at radius 3 is 1.61 bits per heavy atom. The maximum absolute atomic E-state index is 5.50. The third-order valence-corrected chi connectivity index (χ3v) is 15.6. The van der Waals surface area contributed by atoms with Gasteiger partial charge in [0.2, 0.25) is 0 Å². The van der Waals surface area contributed by atoms with Crippen LogP contribution in [0.5, 0.6) is 0 Å². The Morgan fingerprint density at radius 2 is 0.861 bits per heavy atom. The predicted molar refractivity (Wildman–Crippen MR) is 301 cm³/mol. The van der Waals surface area contributed by atoms with E-state index in [1.165, 1.54) is 87.6 Å². The topological polar surface area (TPSA) is 43.6 Å². The lowest BCUT2D eigenvalue weighted by atomic mass is 9.82. The summed E-state index contributed by atoms with van der Waals surface area (Å²) in [5.41, 5.74) is 18.9. The van der Waals surface area contributed by atoms with Gasteiger partial charge in [-0.1, -0.05) is 172 Å². The number of hydrogen-bond donors (Lipinski definition) is 0. The lowest BCUT2D eigenvalue weighted by molar-refractivity contribution is 0.660. The van der Waals surface area contributed by atoms with E-state index in [1.807, 2.05) is 24.5 Å². The zero-order valence-corrected chi connectivity index (χ0v) is 39.7. The molecule has 4 aromatic heterocycles. The molecule has 4 heterocycles. The Labute approximate surface area is 416 Å². The van der Waals surface area contributed by atoms with Crippen molar-refractivity contribution in [3.8, 4) is 61.6 Å². The van der Waals surface area contributed by atoms with Crippen LogP contribution < -0.4 is 0 Å². The van der Waals surface area contributed by atoms with Gasteiger partial charge in [0.15, 0.2) is 0 Å². The molecule has 0 saturated carbocycles. The van der Waals surface area contributed by atoms with Crippen LogP contribution in [0.25, 0.3) is 138 Å². The highest BCUT2D eigenvalue weighted by Crippen LogP contribution is 2.50. The van der Waals surface area contributed by atoms with E-state index < -0.39 is 0 Å². The van der Waals surface area contributed by atoms with Crippen molar-refractivity contribution in [3.63, 3.8) is 0 Å². The van der Waals surface area contributed by atoms with Crippen molar-refractivity contribution in [2.45, 2.75) is 19.3 Å². The van der Waals surface area contributed by atoms with Crippen molar-refractivity contribution in [2.75, 3.05) is 0 Å². The molecule has 0 unspecified atom stereocenters. The number of rotatable bonds is 5. The lowest BCUT2D eigenvalue weighted by Crippen LogP contribution is -2.14. The molecule has 0 atom stereocenters. The number of nitrogens with zero attached hydrogens (tertiary/aromatic N) is 4. The summed E-state index contributed by atoms with van der Waals surface area (Å²) in [6.07, 6.45) is 3.74. The first-order chi connectivity index (χ1) is 35.4. The molecule has 14 aromatic rings. The second-order valence-corrected chi connectivity index (χ2v) is 19.9. The largest absolute Gasteiger partial charge is 0.309 e. The summed E-state index contributed by atoms with van der Waals surface area (Å²) in [5.74, 6) is 0. The van der Waals surface area contributed by atoms with Crippen molar-refractivity contribution in [2.24, 2.45) is 0 Å². The molecule has 72 heavy (non-hydrogen) atoms. The van der Waals surface area contributed by atoms with E-state index in [4.69, 9.17) is 15.0 Å². The molecule has 4 heteroatoms. The first-order valence-electron chi connectivity index (χ1n) is 24.8. The van der Waals surface area contributed by atoms with Crippen molar-refractivity contribution in [1.29, 1.82) is 0 Å². The molecule has 0 fully saturated rings. The SMILES string of the molecule is CC1(C)c2ccccc2-c2cc(-c3ccc4c5ccccc5c5cc6c(cc5c4c3)c3cc(-c4ccccc4)ccc3n6-c3cc(-c4cccc5cccnc45)nc(-c4cccc5cccnc45)c3)ccc21. The monoisotopic (exact) mass is 916 g/mol. The third-order valence-electron chi connectivity index (χ3n) is 15.6. The second kappa shape index (κ2) is 15.4. The molecule has 1 aliphatic rings. The Bertz CT molecular complexity index is 4490. The number of para-hydroxylation sites is 2. The Hall–Kier alpha value is -9.25. The Kier molecular flexibility index (Phi) is 8.67. The number of fused-ring (bicyclic) bond motifs is 14. The average Bonchev–Trinajstić information content (AvgIpc) is 3.88. The summed E-state index contributed by atoms with van der Waals surface area (Å²) in [4.78, 5) is 15.3. The molecule has 0 N–H and O–H groups in total. The van der Waals surface area contributed by atoms with E-state index in [-0.39, 0.29) is 5.41 Å². The van der Waals surface area contributed by atoms with Crippen molar-refractivity contribution < 1.29 is 0 Å². The van der Waals surface area contributed by atoms with Gasteiger partial charge in [-0.25, -0.2) is 4.98 Å². The van der Waals surface area contributed by atoms with Gasteiger partial charge in [0, 0.05) is 50.5 Å². The van der Waals surface area contributed by atoms with Crippen molar-refractivity contribution >= 4 is 75.9 Å². The molecule has 0 bridgehead atoms. The van der Waals surface area contributed by atoms with Crippen LogP contribution in [0.3, 0.4) is 0 Å². The Balaban J connectivity index is 1.03. The Morgan fingerprint density at radius 1 is 0.333 bits per heavy atom. The number of benzene rings is 10. The molecule has 15 rings (SSSR count). The summed E-state index contributed by atoms with van der Waals surface area (Å²) in [6.45, 7) is 4.70. The standard InChI is InChI=1S/C68H44N4/c1-68(2)60-25-9-8-22-51(60)57-35-46(27-30-61(57)68)45-26-29-50-48-20-6-7-21-49(48)56-40-65-59(39-55(56)54(50)34-45)58-36-44(41-14-4-3-5-15-41)28-31-64(58)72(65)47-37-62(52-23-10-16-42-18-12-32-69-66(42)52)71-63(38-47)53-24-11-17-43-19-13-33-70-67(43)53/h3-40H,1-2H3. The average molecular weight is 917 g/mol. The number of hydrogen-bond acceptors (Lipinski definition) is 3. The van der Waals surface area contributed by atoms with Crippen molar-refractivity contribution in [3.05, 3.63) is 242 Å². The molecule has 1 aliphatic carbocycles. The van der Waals surface area contributed by atoms with Gasteiger partial charge in [-0.2, -0.15) is 0 Å². The normalized spacial score (nSPS) is 13.0. The summed E-state index contributed by atoms with van der Waals surface area (Å²) in [6, 6.07) is 80.2. The minimum absolute atomic E-state index is 0.0481. The van der Waals surface area contributed by atoms with Gasteiger partial charge in [0.05, 0.1) is 39.1 Å². The van der Waals surface area contributed by atoms with E-state index in [9.17, 15) is 0 Å². The van der Waals surface area contributed by atoms with Crippen LogP contribution in [0, 0.1) is 0 Å². The van der Waals surface area contributed by atoms with Gasteiger partial charge in [-0.3, -0.25) is 9.97 Å². The molecule has 0 amide bonds. The lowest BCUT2D eigenvalue weighted by Gasteiger charge is -2.21. The summed E-state index contributed by atoms with van der Waals surface area (Å²) >= 11 is 0. The van der Waals surface area contributed by atoms with Crippen LogP contribution in [0.15, 0.2) is 231 Å². The van der Waals surface area contributed by atoms with Crippen LogP contribution in [0.4, 0.5) is 0 Å². The number of aromatic nitrogens is 4. The van der Waals surface area contributed by atoms with Gasteiger partial charge in [-0.15, -0.1) is 0 Å². The fraction of sp³-hybridized carbons (Fsp3) is 0.0441. The summed E-state index contributed by atoms with van der Waals surface area (Å²) in [7, 11) is 0. The smallest absolute Gasteiger partial charge is 0.0795 e. The first kappa shape index (κ1) is 40.6. The molecule has 4 nitrogen and oxygen atoms in total. The molecule has 10 aromatic carbocycles. The molecular weight excluding hydrogens is 873 g/mol. The van der Waals surface area contributed by atoms with Gasteiger partial charge in [-0.05, 0) is 137 Å². The quantitative estimate of drug-likeness (QED) is 0.162. The summed E-state index contributed by atoms with van der Waals surface area (Å²) in [5, 5.41) is 11.9. The minimum atomic E-state index is -0.0481. The zero-order valence-electron chi connectivity index (χ0n) is 39.7. The number of pyridine rings is 3. The maximum Gasteiger partial charge on any atom is 0.0795 e. The van der Waals surface area contributed by atoms with E-state index in [1.54, 1.807) is 0 Å². The van der Waals surface area contributed by atoms with Crippen LogP contribution in [-0.4, -0.2) is 19.5 Å². The molecule has 0 saturated heterocycles. The van der Waals surface area contributed by atoms with Crippen LogP contribution in [-0.2, 0) is 5.41 Å². The molecule has 0 spiro atoms. The van der Waals surface area contributed by atoms with Gasteiger partial charge < -0.3 is 4.57 Å². The summed E-state index contributed by atoms with van der Waals surface area (Å²) < 4.78 is 2.46. The van der Waals surface area contributed by atoms with E-state index >= 15 is 0 Å². The highest BCUT2D eigenvalue weighted by Gasteiger charge is 2.35. The molecule has 0 radical (unpaired) electrons. The molecule has 336 valence electrons. The van der Waals surface area contributed by atoms with Crippen LogP contribution >= 0.6 is 0 Å². The fourth-order valence-electron chi connectivity index (χ4n) is 12.2. The predicted octanol–water partition coefficient (Wildman–Crippen LogP) is 17.7.